The predicted molar refractivity (Wildman–Crippen MR) is 88.4 cm³/mol. The number of anilines is 1. The number of sulfonamides is 1. The number of nitrogens with zero attached hydrogens (tertiary/aromatic N) is 2. The molecule has 1 N–H and O–H groups in total. The molecular formula is C16H21N3O3S. The standard InChI is InChI=1S/C16H21N3O3S/c1-23(21,22)19(15-8-4-5-13(11-15)12-17)10-9-16(20)18-14-6-2-3-7-14/h4-5,8,11,14H,2-3,6-7,9-10H2,1H3,(H,18,20). The Morgan fingerprint density at radius 3 is 2.70 bits per heavy atom. The monoisotopic (exact) mass is 335 g/mol. The number of amides is 1. The molecule has 0 heterocycles. The van der Waals surface area contributed by atoms with Crippen LogP contribution in [0.2, 0.25) is 0 Å². The average Bonchev–Trinajstić information content (AvgIpc) is 2.99. The van der Waals surface area contributed by atoms with Crippen molar-refractivity contribution in [2.45, 2.75) is 38.1 Å². The first kappa shape index (κ1) is 17.3. The topological polar surface area (TPSA) is 90.3 Å². The minimum absolute atomic E-state index is 0.0618. The Labute approximate surface area is 137 Å². The van der Waals surface area contributed by atoms with Crippen LogP contribution >= 0.6 is 0 Å². The zero-order valence-corrected chi connectivity index (χ0v) is 14.0. The molecule has 1 aromatic carbocycles. The van der Waals surface area contributed by atoms with Gasteiger partial charge in [0, 0.05) is 19.0 Å². The number of hydrogen-bond donors (Lipinski definition) is 1. The van der Waals surface area contributed by atoms with E-state index in [0.717, 1.165) is 31.9 Å². The molecule has 1 aliphatic carbocycles. The molecule has 0 aliphatic heterocycles. The molecule has 0 aromatic heterocycles. The Balaban J connectivity index is 2.04. The molecular weight excluding hydrogens is 314 g/mol. The van der Waals surface area contributed by atoms with Crippen molar-refractivity contribution in [1.29, 1.82) is 5.26 Å². The molecule has 1 saturated carbocycles. The highest BCUT2D eigenvalue weighted by Gasteiger charge is 2.21. The van der Waals surface area contributed by atoms with Crippen molar-refractivity contribution in [2.75, 3.05) is 17.1 Å². The van der Waals surface area contributed by atoms with Gasteiger partial charge in [0.1, 0.15) is 0 Å². The molecule has 0 atom stereocenters. The summed E-state index contributed by atoms with van der Waals surface area (Å²) in [6, 6.07) is 8.57. The van der Waals surface area contributed by atoms with Gasteiger partial charge in [0.15, 0.2) is 0 Å². The van der Waals surface area contributed by atoms with E-state index in [2.05, 4.69) is 5.32 Å². The fourth-order valence-corrected chi connectivity index (χ4v) is 3.71. The second-order valence-corrected chi connectivity index (χ2v) is 7.70. The fourth-order valence-electron chi connectivity index (χ4n) is 2.79. The lowest BCUT2D eigenvalue weighted by atomic mass is 10.2. The van der Waals surface area contributed by atoms with Gasteiger partial charge in [-0.1, -0.05) is 18.9 Å². The van der Waals surface area contributed by atoms with Gasteiger partial charge in [0.25, 0.3) is 0 Å². The van der Waals surface area contributed by atoms with E-state index in [4.69, 9.17) is 5.26 Å². The van der Waals surface area contributed by atoms with Gasteiger partial charge in [0.05, 0.1) is 23.6 Å². The van der Waals surface area contributed by atoms with Crippen molar-refractivity contribution in [3.05, 3.63) is 29.8 Å². The SMILES string of the molecule is CS(=O)(=O)N(CCC(=O)NC1CCCC1)c1cccc(C#N)c1. The van der Waals surface area contributed by atoms with Crippen LogP contribution in [-0.4, -0.2) is 33.2 Å². The Hall–Kier alpha value is -2.07. The van der Waals surface area contributed by atoms with E-state index < -0.39 is 10.0 Å². The van der Waals surface area contributed by atoms with Crippen LogP contribution < -0.4 is 9.62 Å². The fraction of sp³-hybridized carbons (Fsp3) is 0.500. The van der Waals surface area contributed by atoms with Crippen LogP contribution in [0.15, 0.2) is 24.3 Å². The van der Waals surface area contributed by atoms with Gasteiger partial charge >= 0.3 is 0 Å². The van der Waals surface area contributed by atoms with Gasteiger partial charge in [-0.25, -0.2) is 8.42 Å². The summed E-state index contributed by atoms with van der Waals surface area (Å²) in [5.41, 5.74) is 0.784. The second-order valence-electron chi connectivity index (χ2n) is 5.80. The summed E-state index contributed by atoms with van der Waals surface area (Å²) in [6.45, 7) is 0.0618. The highest BCUT2D eigenvalue weighted by Crippen LogP contribution is 2.20. The lowest BCUT2D eigenvalue weighted by Gasteiger charge is -2.22. The van der Waals surface area contributed by atoms with Gasteiger partial charge in [0.2, 0.25) is 15.9 Å². The van der Waals surface area contributed by atoms with Crippen LogP contribution in [-0.2, 0) is 14.8 Å². The molecule has 1 amide bonds. The number of nitrogens with one attached hydrogen (secondary N) is 1. The lowest BCUT2D eigenvalue weighted by Crippen LogP contribution is -2.37. The maximum Gasteiger partial charge on any atom is 0.232 e. The summed E-state index contributed by atoms with van der Waals surface area (Å²) in [5.74, 6) is -0.137. The third-order valence-electron chi connectivity index (χ3n) is 3.93. The largest absolute Gasteiger partial charge is 0.353 e. The van der Waals surface area contributed by atoms with E-state index >= 15 is 0 Å². The number of carbonyl (C=O) groups excluding carboxylic acids is 1. The molecule has 1 fully saturated rings. The molecule has 0 radical (unpaired) electrons. The maximum absolute atomic E-state index is 12.0. The van der Waals surface area contributed by atoms with Crippen molar-refractivity contribution < 1.29 is 13.2 Å². The third-order valence-corrected chi connectivity index (χ3v) is 5.12. The molecule has 0 saturated heterocycles. The first-order chi connectivity index (χ1) is 10.9. The summed E-state index contributed by atoms with van der Waals surface area (Å²) >= 11 is 0. The second kappa shape index (κ2) is 7.47. The summed E-state index contributed by atoms with van der Waals surface area (Å²) in [6.07, 6.45) is 5.43. The minimum Gasteiger partial charge on any atom is -0.353 e. The molecule has 0 bridgehead atoms. The Morgan fingerprint density at radius 1 is 1.39 bits per heavy atom. The number of nitriles is 1. The molecule has 6 nitrogen and oxygen atoms in total. The van der Waals surface area contributed by atoms with Crippen LogP contribution in [0.1, 0.15) is 37.7 Å². The lowest BCUT2D eigenvalue weighted by molar-refractivity contribution is -0.121. The van der Waals surface area contributed by atoms with Crippen LogP contribution in [0.5, 0.6) is 0 Å². The Bertz CT molecular complexity index is 704. The minimum atomic E-state index is -3.52. The summed E-state index contributed by atoms with van der Waals surface area (Å²) < 4.78 is 25.2. The number of carbonyl (C=O) groups is 1. The van der Waals surface area contributed by atoms with Crippen molar-refractivity contribution >= 4 is 21.6 Å². The highest BCUT2D eigenvalue weighted by molar-refractivity contribution is 7.92. The quantitative estimate of drug-likeness (QED) is 0.858. The summed E-state index contributed by atoms with van der Waals surface area (Å²) in [5, 5.41) is 11.9. The Kier molecular flexibility index (Phi) is 5.61. The average molecular weight is 335 g/mol. The zero-order chi connectivity index (χ0) is 16.9. The van der Waals surface area contributed by atoms with Crippen LogP contribution in [0.4, 0.5) is 5.69 Å². The first-order valence-electron chi connectivity index (χ1n) is 7.67. The maximum atomic E-state index is 12.0. The van der Waals surface area contributed by atoms with E-state index in [1.807, 2.05) is 6.07 Å². The van der Waals surface area contributed by atoms with E-state index in [1.54, 1.807) is 18.2 Å². The number of benzene rings is 1. The molecule has 7 heteroatoms. The molecule has 2 rings (SSSR count). The van der Waals surface area contributed by atoms with E-state index in [-0.39, 0.29) is 24.9 Å². The van der Waals surface area contributed by atoms with E-state index in [0.29, 0.717) is 11.3 Å². The summed E-state index contributed by atoms with van der Waals surface area (Å²) in [4.78, 5) is 12.0. The highest BCUT2D eigenvalue weighted by atomic mass is 32.2. The van der Waals surface area contributed by atoms with Gasteiger partial charge in [-0.3, -0.25) is 9.10 Å². The Morgan fingerprint density at radius 2 is 2.09 bits per heavy atom. The molecule has 1 aromatic rings. The van der Waals surface area contributed by atoms with Gasteiger partial charge in [-0.15, -0.1) is 0 Å². The normalized spacial score (nSPS) is 15.1. The summed E-state index contributed by atoms with van der Waals surface area (Å²) in [7, 11) is -3.52. The molecule has 23 heavy (non-hydrogen) atoms. The number of rotatable bonds is 6. The first-order valence-corrected chi connectivity index (χ1v) is 9.52. The van der Waals surface area contributed by atoms with Gasteiger partial charge in [-0.2, -0.15) is 5.26 Å². The zero-order valence-electron chi connectivity index (χ0n) is 13.2. The van der Waals surface area contributed by atoms with Crippen molar-refractivity contribution in [3.8, 4) is 6.07 Å². The van der Waals surface area contributed by atoms with Crippen LogP contribution in [0.3, 0.4) is 0 Å². The number of hydrogen-bond acceptors (Lipinski definition) is 4. The smallest absolute Gasteiger partial charge is 0.232 e. The molecule has 124 valence electrons. The van der Waals surface area contributed by atoms with Crippen LogP contribution in [0.25, 0.3) is 0 Å². The van der Waals surface area contributed by atoms with E-state index in [9.17, 15) is 13.2 Å². The van der Waals surface area contributed by atoms with Gasteiger partial charge < -0.3 is 5.32 Å². The molecule has 1 aliphatic rings. The van der Waals surface area contributed by atoms with Crippen molar-refractivity contribution in [3.63, 3.8) is 0 Å². The van der Waals surface area contributed by atoms with E-state index in [1.165, 1.54) is 10.4 Å². The van der Waals surface area contributed by atoms with Crippen molar-refractivity contribution in [2.24, 2.45) is 0 Å². The van der Waals surface area contributed by atoms with Crippen LogP contribution in [0, 0.1) is 11.3 Å². The predicted octanol–water partition coefficient (Wildman–Crippen LogP) is 1.77. The van der Waals surface area contributed by atoms with Crippen molar-refractivity contribution in [1.82, 2.24) is 5.32 Å². The third kappa shape index (κ3) is 4.96. The molecule has 0 unspecified atom stereocenters. The van der Waals surface area contributed by atoms with Gasteiger partial charge in [-0.05, 0) is 31.0 Å². The molecule has 0 spiro atoms.